The molecule has 1 saturated heterocycles. The number of imide groups is 1. The van der Waals surface area contributed by atoms with Crippen molar-refractivity contribution in [1.82, 2.24) is 26.9 Å². The van der Waals surface area contributed by atoms with Crippen LogP contribution in [0.15, 0.2) is 27.8 Å². The number of halogens is 1. The van der Waals surface area contributed by atoms with Gasteiger partial charge in [-0.15, -0.1) is 0 Å². The largest absolute Gasteiger partial charge is 0.507 e. The van der Waals surface area contributed by atoms with Gasteiger partial charge in [-0.2, -0.15) is 5.10 Å². The highest BCUT2D eigenvalue weighted by atomic mass is 79.9. The van der Waals surface area contributed by atoms with E-state index in [-0.39, 0.29) is 12.3 Å². The van der Waals surface area contributed by atoms with Gasteiger partial charge in [0.2, 0.25) is 0 Å². The molecule has 1 aromatic carbocycles. The lowest BCUT2D eigenvalue weighted by Gasteiger charge is -2.23. The standard InChI is InChI=1S/C12H13BrN6O4/c13-7-1-2-8(20)6(3-7)4-15-17-9(21)5-14-10-11(22)16-12(23)19-18-10/h1-4,10,14,18,20H,5H2,(H,17,21)(H2,16,19,22,23)/b15-4+. The highest BCUT2D eigenvalue weighted by Gasteiger charge is 2.25. The van der Waals surface area contributed by atoms with Gasteiger partial charge in [0.25, 0.3) is 11.8 Å². The predicted molar refractivity (Wildman–Crippen MR) is 83.1 cm³/mol. The summed E-state index contributed by atoms with van der Waals surface area (Å²) < 4.78 is 0.751. The van der Waals surface area contributed by atoms with E-state index in [0.717, 1.165) is 4.47 Å². The Kier molecular flexibility index (Phi) is 5.62. The second kappa shape index (κ2) is 7.67. The van der Waals surface area contributed by atoms with E-state index in [1.54, 1.807) is 12.1 Å². The van der Waals surface area contributed by atoms with E-state index >= 15 is 0 Å². The van der Waals surface area contributed by atoms with Crippen LogP contribution < -0.4 is 26.9 Å². The van der Waals surface area contributed by atoms with Crippen LogP contribution in [-0.2, 0) is 9.59 Å². The number of urea groups is 1. The van der Waals surface area contributed by atoms with Crippen LogP contribution in [0, 0.1) is 0 Å². The fourth-order valence-corrected chi connectivity index (χ4v) is 1.98. The van der Waals surface area contributed by atoms with Crippen LogP contribution in [0.4, 0.5) is 4.79 Å². The first-order chi connectivity index (χ1) is 11.0. The Morgan fingerprint density at radius 3 is 2.96 bits per heavy atom. The van der Waals surface area contributed by atoms with E-state index in [2.05, 4.69) is 42.6 Å². The van der Waals surface area contributed by atoms with Gasteiger partial charge in [-0.1, -0.05) is 15.9 Å². The van der Waals surface area contributed by atoms with Crippen LogP contribution in [0.5, 0.6) is 5.75 Å². The number of amides is 4. The van der Waals surface area contributed by atoms with E-state index in [1.807, 2.05) is 5.32 Å². The lowest BCUT2D eigenvalue weighted by Crippen LogP contribution is -2.67. The van der Waals surface area contributed by atoms with Gasteiger partial charge in [-0.3, -0.25) is 25.6 Å². The number of hydrazine groups is 1. The van der Waals surface area contributed by atoms with Crippen molar-refractivity contribution in [1.29, 1.82) is 0 Å². The number of rotatable bonds is 5. The van der Waals surface area contributed by atoms with Crippen molar-refractivity contribution in [3.05, 3.63) is 28.2 Å². The van der Waals surface area contributed by atoms with Crippen LogP contribution in [0.1, 0.15) is 5.56 Å². The molecule has 6 N–H and O–H groups in total. The molecule has 4 amide bonds. The minimum atomic E-state index is -0.934. The van der Waals surface area contributed by atoms with Gasteiger partial charge in [-0.05, 0) is 18.2 Å². The van der Waals surface area contributed by atoms with Crippen molar-refractivity contribution < 1.29 is 19.5 Å². The van der Waals surface area contributed by atoms with Crippen molar-refractivity contribution >= 4 is 40.0 Å². The van der Waals surface area contributed by atoms with Crippen LogP contribution in [0.25, 0.3) is 0 Å². The van der Waals surface area contributed by atoms with Crippen molar-refractivity contribution in [3.8, 4) is 5.75 Å². The third kappa shape index (κ3) is 5.02. The van der Waals surface area contributed by atoms with Gasteiger partial charge >= 0.3 is 6.03 Å². The van der Waals surface area contributed by atoms with Crippen molar-refractivity contribution in [2.75, 3.05) is 6.54 Å². The van der Waals surface area contributed by atoms with Gasteiger partial charge in [0.05, 0.1) is 12.8 Å². The second-order valence-electron chi connectivity index (χ2n) is 4.40. The van der Waals surface area contributed by atoms with Gasteiger partial charge < -0.3 is 5.11 Å². The minimum absolute atomic E-state index is 0.0168. The number of hydrogen-bond acceptors (Lipinski definition) is 7. The molecular formula is C12H13BrN6O4. The highest BCUT2D eigenvalue weighted by molar-refractivity contribution is 9.10. The molecule has 1 aliphatic rings. The summed E-state index contributed by atoms with van der Waals surface area (Å²) in [5, 5.41) is 17.9. The van der Waals surface area contributed by atoms with Gasteiger partial charge in [0, 0.05) is 10.0 Å². The Hall–Kier alpha value is -2.50. The molecule has 0 radical (unpaired) electrons. The number of nitrogens with zero attached hydrogens (tertiary/aromatic N) is 1. The summed E-state index contributed by atoms with van der Waals surface area (Å²) in [6.07, 6.45) is 0.348. The Labute approximate surface area is 138 Å². The predicted octanol–water partition coefficient (Wildman–Crippen LogP) is -1.14. The number of hydrazone groups is 1. The first-order valence-electron chi connectivity index (χ1n) is 6.36. The Morgan fingerprint density at radius 1 is 1.43 bits per heavy atom. The summed E-state index contributed by atoms with van der Waals surface area (Å²) in [5.41, 5.74) is 7.23. The SMILES string of the molecule is O=C(CNC1NNC(=O)NC1=O)N/N=C/c1cc(Br)ccc1O. The Morgan fingerprint density at radius 2 is 2.22 bits per heavy atom. The summed E-state index contributed by atoms with van der Waals surface area (Å²) in [6.45, 7) is -0.219. The van der Waals surface area contributed by atoms with E-state index in [4.69, 9.17) is 0 Å². The third-order valence-electron chi connectivity index (χ3n) is 2.68. The summed E-state index contributed by atoms with van der Waals surface area (Å²) in [7, 11) is 0. The molecule has 1 unspecified atom stereocenters. The molecule has 0 aromatic heterocycles. The van der Waals surface area contributed by atoms with Crippen LogP contribution in [0.3, 0.4) is 0 Å². The maximum absolute atomic E-state index is 11.6. The number of phenols is 1. The molecule has 1 atom stereocenters. The molecule has 11 heteroatoms. The lowest BCUT2D eigenvalue weighted by atomic mass is 10.2. The summed E-state index contributed by atoms with van der Waals surface area (Å²) in [4.78, 5) is 33.8. The summed E-state index contributed by atoms with van der Waals surface area (Å²) >= 11 is 3.25. The van der Waals surface area contributed by atoms with E-state index in [1.165, 1.54) is 12.3 Å². The maximum Gasteiger partial charge on any atom is 0.335 e. The number of hydrogen-bond donors (Lipinski definition) is 6. The average molecular weight is 385 g/mol. The molecule has 0 saturated carbocycles. The molecule has 0 aliphatic carbocycles. The quantitative estimate of drug-likeness (QED) is 0.280. The van der Waals surface area contributed by atoms with Crippen LogP contribution >= 0.6 is 15.9 Å². The number of carbonyl (C=O) groups excluding carboxylic acids is 3. The lowest BCUT2D eigenvalue weighted by molar-refractivity contribution is -0.124. The molecule has 1 aromatic rings. The number of aromatic hydroxyl groups is 1. The number of phenolic OH excluding ortho intramolecular Hbond substituents is 1. The Bertz CT molecular complexity index is 665. The summed E-state index contributed by atoms with van der Waals surface area (Å²) in [5.74, 6) is -1.10. The van der Waals surface area contributed by atoms with Crippen molar-refractivity contribution in [2.45, 2.75) is 6.17 Å². The smallest absolute Gasteiger partial charge is 0.335 e. The van der Waals surface area contributed by atoms with Crippen LogP contribution in [-0.4, -0.2) is 41.9 Å². The topological polar surface area (TPSA) is 144 Å². The molecule has 2 rings (SSSR count). The van der Waals surface area contributed by atoms with Crippen molar-refractivity contribution in [3.63, 3.8) is 0 Å². The molecule has 10 nitrogen and oxygen atoms in total. The minimum Gasteiger partial charge on any atom is -0.507 e. The highest BCUT2D eigenvalue weighted by Crippen LogP contribution is 2.19. The molecule has 1 heterocycles. The number of carbonyl (C=O) groups is 3. The molecule has 1 fully saturated rings. The molecule has 122 valence electrons. The molecule has 0 spiro atoms. The van der Waals surface area contributed by atoms with Crippen LogP contribution in [0.2, 0.25) is 0 Å². The van der Waals surface area contributed by atoms with Gasteiger partial charge in [0.15, 0.2) is 6.17 Å². The Balaban J connectivity index is 1.79. The molecule has 23 heavy (non-hydrogen) atoms. The zero-order valence-electron chi connectivity index (χ0n) is 11.6. The van der Waals surface area contributed by atoms with E-state index < -0.39 is 24.0 Å². The fourth-order valence-electron chi connectivity index (χ4n) is 1.60. The first-order valence-corrected chi connectivity index (χ1v) is 7.15. The number of benzene rings is 1. The fraction of sp³-hybridized carbons (Fsp3) is 0.167. The van der Waals surface area contributed by atoms with Crippen molar-refractivity contribution in [2.24, 2.45) is 5.10 Å². The average Bonchev–Trinajstić information content (AvgIpc) is 2.50. The van der Waals surface area contributed by atoms with E-state index in [0.29, 0.717) is 5.56 Å². The van der Waals surface area contributed by atoms with E-state index in [9.17, 15) is 19.5 Å². The normalized spacial score (nSPS) is 17.7. The first kappa shape index (κ1) is 16.9. The molecule has 0 bridgehead atoms. The second-order valence-corrected chi connectivity index (χ2v) is 5.31. The van der Waals surface area contributed by atoms with Gasteiger partial charge in [0.1, 0.15) is 5.75 Å². The zero-order chi connectivity index (χ0) is 16.8. The monoisotopic (exact) mass is 384 g/mol. The zero-order valence-corrected chi connectivity index (χ0v) is 13.2. The molecular weight excluding hydrogens is 372 g/mol. The summed E-state index contributed by atoms with van der Waals surface area (Å²) in [6, 6.07) is 4.10. The van der Waals surface area contributed by atoms with Gasteiger partial charge in [-0.25, -0.2) is 15.6 Å². The maximum atomic E-state index is 11.6. The third-order valence-corrected chi connectivity index (χ3v) is 3.17. The number of nitrogens with one attached hydrogen (secondary N) is 5. The molecule has 1 aliphatic heterocycles.